The minimum absolute atomic E-state index is 0.114. The van der Waals surface area contributed by atoms with Crippen molar-refractivity contribution in [3.63, 3.8) is 0 Å². The Hall–Kier alpha value is -2.64. The van der Waals surface area contributed by atoms with Crippen molar-refractivity contribution in [2.24, 2.45) is 14.1 Å². The molecule has 2 aromatic heterocycles. The zero-order chi connectivity index (χ0) is 16.7. The summed E-state index contributed by atoms with van der Waals surface area (Å²) in [6.45, 7) is 2.99. The van der Waals surface area contributed by atoms with E-state index >= 15 is 0 Å². The lowest BCUT2D eigenvalue weighted by Crippen LogP contribution is -2.43. The zero-order valence-electron chi connectivity index (χ0n) is 13.4. The first-order valence-electron chi connectivity index (χ1n) is 7.55. The van der Waals surface area contributed by atoms with Crippen molar-refractivity contribution in [3.05, 3.63) is 49.5 Å². The number of carbonyl (C=O) groups excluding carboxylic acids is 1. The summed E-state index contributed by atoms with van der Waals surface area (Å²) in [6.07, 6.45) is 1.48. The molecule has 23 heavy (non-hydrogen) atoms. The van der Waals surface area contributed by atoms with Gasteiger partial charge in [0, 0.05) is 50.9 Å². The van der Waals surface area contributed by atoms with Gasteiger partial charge in [0.15, 0.2) is 0 Å². The summed E-state index contributed by atoms with van der Waals surface area (Å²) in [5.41, 5.74) is 2.19. The Labute approximate surface area is 132 Å². The molecule has 0 fully saturated rings. The van der Waals surface area contributed by atoms with Gasteiger partial charge in [0.25, 0.3) is 11.5 Å². The quantitative estimate of drug-likeness (QED) is 0.813. The van der Waals surface area contributed by atoms with E-state index in [9.17, 15) is 14.4 Å². The molecule has 1 amide bonds. The van der Waals surface area contributed by atoms with Gasteiger partial charge < -0.3 is 4.90 Å². The lowest BCUT2D eigenvalue weighted by molar-refractivity contribution is 0.0721. The predicted octanol–water partition coefficient (Wildman–Crippen LogP) is -0.432. The number of nitrogens with one attached hydrogen (secondary N) is 1. The van der Waals surface area contributed by atoms with Crippen molar-refractivity contribution in [3.8, 4) is 0 Å². The summed E-state index contributed by atoms with van der Waals surface area (Å²) >= 11 is 0. The maximum absolute atomic E-state index is 12.8. The Bertz CT molecular complexity index is 876. The van der Waals surface area contributed by atoms with E-state index in [1.54, 1.807) is 4.90 Å². The van der Waals surface area contributed by atoms with Crippen LogP contribution in [0.2, 0.25) is 0 Å². The molecular weight excluding hydrogens is 298 g/mol. The Morgan fingerprint density at radius 1 is 1.30 bits per heavy atom. The number of carbonyl (C=O) groups is 1. The lowest BCUT2D eigenvalue weighted by atomic mass is 10.0. The van der Waals surface area contributed by atoms with E-state index in [2.05, 4.69) is 10.2 Å². The molecular formula is C15H19N5O3. The van der Waals surface area contributed by atoms with Crippen LogP contribution in [0.5, 0.6) is 0 Å². The summed E-state index contributed by atoms with van der Waals surface area (Å²) in [5, 5.41) is 7.29. The molecule has 8 nitrogen and oxygen atoms in total. The van der Waals surface area contributed by atoms with Crippen LogP contribution in [-0.2, 0) is 33.5 Å². The van der Waals surface area contributed by atoms with Crippen LogP contribution in [-0.4, -0.2) is 36.7 Å². The van der Waals surface area contributed by atoms with Crippen LogP contribution in [0, 0.1) is 0 Å². The number of fused-ring (bicyclic) bond motifs is 1. The summed E-state index contributed by atoms with van der Waals surface area (Å²) in [5.74, 6) is -0.309. The third-order valence-electron chi connectivity index (χ3n) is 4.39. The molecule has 122 valence electrons. The fraction of sp³-hybridized carbons (Fsp3) is 0.467. The van der Waals surface area contributed by atoms with E-state index in [0.717, 1.165) is 27.9 Å². The Morgan fingerprint density at radius 2 is 2.04 bits per heavy atom. The molecule has 1 aliphatic heterocycles. The number of amides is 1. The highest BCUT2D eigenvalue weighted by Crippen LogP contribution is 2.21. The number of hydrogen-bond acceptors (Lipinski definition) is 4. The molecule has 0 aromatic carbocycles. The van der Waals surface area contributed by atoms with Crippen LogP contribution in [0.15, 0.2) is 15.7 Å². The van der Waals surface area contributed by atoms with Gasteiger partial charge in [-0.1, -0.05) is 6.92 Å². The first-order chi connectivity index (χ1) is 10.9. The van der Waals surface area contributed by atoms with Crippen LogP contribution in [0.3, 0.4) is 0 Å². The number of aryl methyl sites for hydroxylation is 1. The zero-order valence-corrected chi connectivity index (χ0v) is 13.4. The van der Waals surface area contributed by atoms with Crippen LogP contribution >= 0.6 is 0 Å². The van der Waals surface area contributed by atoms with Crippen molar-refractivity contribution in [1.29, 1.82) is 0 Å². The second-order valence-electron chi connectivity index (χ2n) is 5.73. The average molecular weight is 317 g/mol. The van der Waals surface area contributed by atoms with Gasteiger partial charge in [0.2, 0.25) is 0 Å². The molecule has 0 aliphatic carbocycles. The normalized spacial score (nSPS) is 14.0. The minimum Gasteiger partial charge on any atom is -0.333 e. The van der Waals surface area contributed by atoms with Gasteiger partial charge in [0.05, 0.1) is 5.69 Å². The van der Waals surface area contributed by atoms with E-state index < -0.39 is 11.2 Å². The molecule has 0 unspecified atom stereocenters. The molecule has 2 aromatic rings. The number of aromatic amines is 1. The average Bonchev–Trinajstić information content (AvgIpc) is 2.97. The van der Waals surface area contributed by atoms with Gasteiger partial charge in [-0.3, -0.25) is 23.8 Å². The van der Waals surface area contributed by atoms with Crippen molar-refractivity contribution in [2.75, 3.05) is 6.54 Å². The molecule has 0 radical (unpaired) electrons. The van der Waals surface area contributed by atoms with Crippen molar-refractivity contribution >= 4 is 5.91 Å². The summed E-state index contributed by atoms with van der Waals surface area (Å²) in [6, 6.07) is 1.22. The van der Waals surface area contributed by atoms with Crippen molar-refractivity contribution in [1.82, 2.24) is 24.2 Å². The van der Waals surface area contributed by atoms with E-state index in [-0.39, 0.29) is 11.6 Å². The topological polar surface area (TPSA) is 93.0 Å². The number of hydrogen-bond donors (Lipinski definition) is 1. The monoisotopic (exact) mass is 317 g/mol. The van der Waals surface area contributed by atoms with Crippen molar-refractivity contribution < 1.29 is 4.79 Å². The van der Waals surface area contributed by atoms with E-state index in [0.29, 0.717) is 19.5 Å². The summed E-state index contributed by atoms with van der Waals surface area (Å²) in [7, 11) is 2.89. The molecule has 1 N–H and O–H groups in total. The summed E-state index contributed by atoms with van der Waals surface area (Å²) in [4.78, 5) is 38.2. The van der Waals surface area contributed by atoms with Crippen LogP contribution in [0.25, 0.3) is 0 Å². The van der Waals surface area contributed by atoms with Gasteiger partial charge >= 0.3 is 5.69 Å². The second kappa shape index (κ2) is 5.53. The van der Waals surface area contributed by atoms with E-state index in [1.165, 1.54) is 24.7 Å². The maximum Gasteiger partial charge on any atom is 0.331 e. The Morgan fingerprint density at radius 3 is 2.74 bits per heavy atom. The molecule has 0 spiro atoms. The van der Waals surface area contributed by atoms with Gasteiger partial charge in [-0.05, 0) is 6.42 Å². The van der Waals surface area contributed by atoms with Crippen LogP contribution in [0.4, 0.5) is 0 Å². The smallest absolute Gasteiger partial charge is 0.331 e. The van der Waals surface area contributed by atoms with Gasteiger partial charge in [-0.15, -0.1) is 0 Å². The summed E-state index contributed by atoms with van der Waals surface area (Å²) < 4.78 is 2.20. The minimum atomic E-state index is -0.504. The highest BCUT2D eigenvalue weighted by Gasteiger charge is 2.27. The van der Waals surface area contributed by atoms with E-state index in [1.807, 2.05) is 6.92 Å². The number of H-pyrrole nitrogens is 1. The lowest BCUT2D eigenvalue weighted by Gasteiger charge is -2.27. The molecule has 0 saturated carbocycles. The number of rotatable bonds is 2. The predicted molar refractivity (Wildman–Crippen MR) is 83.3 cm³/mol. The first-order valence-corrected chi connectivity index (χ1v) is 7.55. The second-order valence-corrected chi connectivity index (χ2v) is 5.73. The van der Waals surface area contributed by atoms with Gasteiger partial charge in [-0.25, -0.2) is 4.79 Å². The molecule has 1 aliphatic rings. The first kappa shape index (κ1) is 15.3. The Balaban J connectivity index is 1.97. The molecule has 3 rings (SSSR count). The number of aromatic nitrogens is 4. The SMILES string of the molecule is CCc1n[nH]c2c1CN(C(=O)c1cc(=O)n(C)c(=O)n1C)CC2. The largest absolute Gasteiger partial charge is 0.333 e. The standard InChI is InChI=1S/C15H19N5O3/c1-4-10-9-8-20(6-5-11(9)17-16-10)14(22)12-7-13(21)19(3)15(23)18(12)2/h7H,4-6,8H2,1-3H3,(H,16,17). The molecule has 0 saturated heterocycles. The fourth-order valence-corrected chi connectivity index (χ4v) is 2.92. The van der Waals surface area contributed by atoms with Crippen LogP contribution < -0.4 is 11.2 Å². The van der Waals surface area contributed by atoms with E-state index in [4.69, 9.17) is 0 Å². The third kappa shape index (κ3) is 2.39. The third-order valence-corrected chi connectivity index (χ3v) is 4.39. The van der Waals surface area contributed by atoms with Crippen molar-refractivity contribution in [2.45, 2.75) is 26.3 Å². The highest BCUT2D eigenvalue weighted by atomic mass is 16.2. The number of nitrogens with zero attached hydrogens (tertiary/aromatic N) is 4. The molecule has 3 heterocycles. The van der Waals surface area contributed by atoms with Gasteiger partial charge in [-0.2, -0.15) is 5.10 Å². The van der Waals surface area contributed by atoms with Gasteiger partial charge in [0.1, 0.15) is 5.69 Å². The Kier molecular flexibility index (Phi) is 3.67. The molecule has 0 bridgehead atoms. The van der Waals surface area contributed by atoms with Crippen LogP contribution in [0.1, 0.15) is 34.4 Å². The fourth-order valence-electron chi connectivity index (χ4n) is 2.92. The molecule has 0 atom stereocenters. The highest BCUT2D eigenvalue weighted by molar-refractivity contribution is 5.92. The maximum atomic E-state index is 12.8. The molecule has 8 heteroatoms.